The largest absolute Gasteiger partial charge is 0.495 e. The molecule has 0 heterocycles. The van der Waals surface area contributed by atoms with Crippen molar-refractivity contribution in [3.05, 3.63) is 57.9 Å². The topological polar surface area (TPSA) is 78.6 Å². The lowest BCUT2D eigenvalue weighted by Gasteiger charge is -2.22. The number of rotatable bonds is 7. The minimum atomic E-state index is -0.737. The van der Waals surface area contributed by atoms with Gasteiger partial charge in [-0.15, -0.1) is 0 Å². The Morgan fingerprint density at radius 1 is 1.20 bits per heavy atom. The molecule has 0 aliphatic heterocycles. The van der Waals surface area contributed by atoms with Gasteiger partial charge in [-0.3, -0.25) is 9.59 Å². The predicted molar refractivity (Wildman–Crippen MR) is 116 cm³/mol. The molecule has 30 heavy (non-hydrogen) atoms. The minimum Gasteiger partial charge on any atom is -0.495 e. The zero-order chi connectivity index (χ0) is 22.6. The molecule has 0 aliphatic rings. The van der Waals surface area contributed by atoms with E-state index in [0.29, 0.717) is 17.9 Å². The molecule has 0 bridgehead atoms. The van der Waals surface area contributed by atoms with Gasteiger partial charge in [-0.2, -0.15) is 0 Å². The first-order chi connectivity index (χ1) is 14.0. The summed E-state index contributed by atoms with van der Waals surface area (Å²) in [6, 6.07) is 7.42. The Kier molecular flexibility index (Phi) is 7.48. The average molecular weight is 436 g/mol. The van der Waals surface area contributed by atoms with Crippen LogP contribution in [0.2, 0.25) is 5.02 Å². The summed E-state index contributed by atoms with van der Waals surface area (Å²) < 4.78 is 25.9. The van der Waals surface area contributed by atoms with E-state index in [1.807, 2.05) is 6.92 Å². The van der Waals surface area contributed by atoms with E-state index in [1.165, 1.54) is 37.4 Å². The van der Waals surface area contributed by atoms with E-state index in [0.717, 1.165) is 0 Å². The Labute approximate surface area is 181 Å². The van der Waals surface area contributed by atoms with Crippen LogP contribution in [0.5, 0.6) is 5.75 Å². The molecule has 1 atom stereocenters. The monoisotopic (exact) mass is 435 g/mol. The smallest absolute Gasteiger partial charge is 0.306 e. The highest BCUT2D eigenvalue weighted by atomic mass is 35.5. The number of benzene rings is 2. The van der Waals surface area contributed by atoms with Gasteiger partial charge >= 0.3 is 5.97 Å². The molecule has 2 aromatic rings. The molecule has 0 aliphatic carbocycles. The Balaban J connectivity index is 2.43. The number of nitrogen functional groups attached to an aromatic ring is 1. The lowest BCUT2D eigenvalue weighted by Crippen LogP contribution is -2.25. The van der Waals surface area contributed by atoms with Crippen LogP contribution < -0.4 is 10.5 Å². The molecule has 2 aromatic carbocycles. The molecule has 0 radical (unpaired) electrons. The molecular weight excluding hydrogens is 409 g/mol. The van der Waals surface area contributed by atoms with Crippen molar-refractivity contribution >= 4 is 29.0 Å². The maximum absolute atomic E-state index is 15.4. The third-order valence-electron chi connectivity index (χ3n) is 4.61. The number of carbonyl (C=O) groups excluding carboxylic acids is 2. The third kappa shape index (κ3) is 5.51. The van der Waals surface area contributed by atoms with Gasteiger partial charge in [0.05, 0.1) is 29.8 Å². The Bertz CT molecular complexity index is 953. The molecule has 5 nitrogen and oxygen atoms in total. The van der Waals surface area contributed by atoms with Crippen molar-refractivity contribution in [2.24, 2.45) is 0 Å². The van der Waals surface area contributed by atoms with Crippen molar-refractivity contribution in [2.45, 2.75) is 52.1 Å². The molecule has 0 fully saturated rings. The normalized spacial score (nSPS) is 12.4. The van der Waals surface area contributed by atoms with E-state index in [4.69, 9.17) is 26.8 Å². The fraction of sp³-hybridized carbons (Fsp3) is 0.391. The zero-order valence-corrected chi connectivity index (χ0v) is 18.6. The van der Waals surface area contributed by atoms with E-state index >= 15 is 4.39 Å². The number of hydrogen-bond donors (Lipinski definition) is 1. The Morgan fingerprint density at radius 3 is 2.43 bits per heavy atom. The summed E-state index contributed by atoms with van der Waals surface area (Å²) >= 11 is 6.18. The molecule has 0 aromatic heterocycles. The molecule has 0 spiro atoms. The van der Waals surface area contributed by atoms with Gasteiger partial charge in [0.1, 0.15) is 17.2 Å². The van der Waals surface area contributed by atoms with Crippen molar-refractivity contribution in [1.29, 1.82) is 0 Å². The van der Waals surface area contributed by atoms with Crippen LogP contribution in [0.3, 0.4) is 0 Å². The summed E-state index contributed by atoms with van der Waals surface area (Å²) in [5.74, 6) is -1.90. The number of esters is 1. The number of methoxy groups -OCH3 is 1. The first-order valence-corrected chi connectivity index (χ1v) is 10.0. The average Bonchev–Trinajstić information content (AvgIpc) is 2.65. The fourth-order valence-corrected chi connectivity index (χ4v) is 3.38. The molecule has 162 valence electrons. The van der Waals surface area contributed by atoms with Crippen LogP contribution in [0.15, 0.2) is 30.3 Å². The van der Waals surface area contributed by atoms with Crippen LogP contribution in [0, 0.1) is 5.82 Å². The molecule has 0 amide bonds. The lowest BCUT2D eigenvalue weighted by atomic mass is 9.89. The number of anilines is 1. The van der Waals surface area contributed by atoms with Gasteiger partial charge in [0.15, 0.2) is 5.78 Å². The predicted octanol–water partition coefficient (Wildman–Crippen LogP) is 5.53. The maximum atomic E-state index is 15.4. The second-order valence-electron chi connectivity index (χ2n) is 8.01. The van der Waals surface area contributed by atoms with Crippen molar-refractivity contribution in [2.75, 3.05) is 12.8 Å². The van der Waals surface area contributed by atoms with Crippen LogP contribution in [0.1, 0.15) is 67.9 Å². The summed E-state index contributed by atoms with van der Waals surface area (Å²) in [5, 5.41) is -0.0100. The second-order valence-corrected chi connectivity index (χ2v) is 8.41. The minimum absolute atomic E-state index is 0.00432. The Morgan fingerprint density at radius 2 is 1.87 bits per heavy atom. The summed E-state index contributed by atoms with van der Waals surface area (Å²) in [5.41, 5.74) is 5.71. The van der Waals surface area contributed by atoms with Gasteiger partial charge in [0.25, 0.3) is 0 Å². The summed E-state index contributed by atoms with van der Waals surface area (Å²) in [4.78, 5) is 25.3. The maximum Gasteiger partial charge on any atom is 0.306 e. The van der Waals surface area contributed by atoms with Crippen LogP contribution in [0.4, 0.5) is 10.1 Å². The van der Waals surface area contributed by atoms with Crippen molar-refractivity contribution in [3.8, 4) is 5.75 Å². The first kappa shape index (κ1) is 23.7. The summed E-state index contributed by atoms with van der Waals surface area (Å²) in [7, 11) is 1.43. The number of halogens is 2. The van der Waals surface area contributed by atoms with Crippen molar-refractivity contribution < 1.29 is 23.5 Å². The number of ether oxygens (including phenoxy) is 2. The number of ketones is 1. The summed E-state index contributed by atoms with van der Waals surface area (Å²) in [6.07, 6.45) is 0.483. The molecule has 2 N–H and O–H groups in total. The van der Waals surface area contributed by atoms with Gasteiger partial charge in [0, 0.05) is 5.56 Å². The summed E-state index contributed by atoms with van der Waals surface area (Å²) in [6.45, 7) is 7.15. The van der Waals surface area contributed by atoms with E-state index < -0.39 is 29.1 Å². The van der Waals surface area contributed by atoms with E-state index in [-0.39, 0.29) is 28.1 Å². The third-order valence-corrected chi connectivity index (χ3v) is 4.92. The van der Waals surface area contributed by atoms with Crippen molar-refractivity contribution in [1.82, 2.24) is 0 Å². The first-order valence-electron chi connectivity index (χ1n) is 9.66. The quantitative estimate of drug-likeness (QED) is 0.351. The standard InChI is InChI=1S/C23H27ClFNO4/c1-6-13(12-19(27)30-23(2,3)4)15-8-9-16(24)20(21(15)25)22(28)14-7-10-17(26)18(11-14)29-5/h7-11,13H,6,12,26H2,1-5H3/t13-/m0/s1. The van der Waals surface area contributed by atoms with Crippen LogP contribution in [0.25, 0.3) is 0 Å². The molecule has 0 saturated carbocycles. The lowest BCUT2D eigenvalue weighted by molar-refractivity contribution is -0.155. The van der Waals surface area contributed by atoms with Crippen LogP contribution >= 0.6 is 11.6 Å². The van der Waals surface area contributed by atoms with E-state index in [9.17, 15) is 9.59 Å². The molecular formula is C23H27ClFNO4. The SMILES string of the molecule is CC[C@@H](CC(=O)OC(C)(C)C)c1ccc(Cl)c(C(=O)c2ccc(N)c(OC)c2)c1F. The highest BCUT2D eigenvalue weighted by molar-refractivity contribution is 6.35. The van der Waals surface area contributed by atoms with Gasteiger partial charge in [-0.05, 0) is 62.9 Å². The Hall–Kier alpha value is -2.60. The molecule has 2 rings (SSSR count). The van der Waals surface area contributed by atoms with Gasteiger partial charge in [-0.25, -0.2) is 4.39 Å². The van der Waals surface area contributed by atoms with Crippen LogP contribution in [-0.2, 0) is 9.53 Å². The van der Waals surface area contributed by atoms with Gasteiger partial charge in [0.2, 0.25) is 0 Å². The van der Waals surface area contributed by atoms with Gasteiger partial charge < -0.3 is 15.2 Å². The highest BCUT2D eigenvalue weighted by Gasteiger charge is 2.27. The van der Waals surface area contributed by atoms with Gasteiger partial charge in [-0.1, -0.05) is 24.6 Å². The van der Waals surface area contributed by atoms with E-state index in [2.05, 4.69) is 0 Å². The van der Waals surface area contributed by atoms with Crippen molar-refractivity contribution in [3.63, 3.8) is 0 Å². The second kappa shape index (κ2) is 9.47. The number of hydrogen-bond acceptors (Lipinski definition) is 5. The van der Waals surface area contributed by atoms with E-state index in [1.54, 1.807) is 20.8 Å². The number of nitrogens with two attached hydrogens (primary N) is 1. The fourth-order valence-electron chi connectivity index (χ4n) is 3.15. The number of carbonyl (C=O) groups is 2. The zero-order valence-electron chi connectivity index (χ0n) is 17.8. The highest BCUT2D eigenvalue weighted by Crippen LogP contribution is 2.34. The molecule has 0 unspecified atom stereocenters. The molecule has 7 heteroatoms. The molecule has 0 saturated heterocycles. The van der Waals surface area contributed by atoms with Crippen LogP contribution in [-0.4, -0.2) is 24.5 Å².